The number of nitrogens with zero attached hydrogens (tertiary/aromatic N) is 1. The quantitative estimate of drug-likeness (QED) is 0.762. The maximum Gasteiger partial charge on any atom is 0.126 e. The van der Waals surface area contributed by atoms with Crippen LogP contribution in [0.1, 0.15) is 45.1 Å². The Labute approximate surface area is 107 Å². The van der Waals surface area contributed by atoms with Gasteiger partial charge in [0.05, 0.1) is 23.2 Å². The summed E-state index contributed by atoms with van der Waals surface area (Å²) in [6.45, 7) is 8.17. The zero-order chi connectivity index (χ0) is 13.5. The zero-order valence-corrected chi connectivity index (χ0v) is 11.4. The standard InChI is InChI=1S/C14H21N3O/c1-8(18)12(15)13-16-10-6-5-9(14(2,3)4)7-11(10)17-13/h5-8,12,18H,15H2,1-4H3,(H,16,17)/t8-,12-/m0/s1. The van der Waals surface area contributed by atoms with Crippen LogP contribution >= 0.6 is 0 Å². The highest BCUT2D eigenvalue weighted by Gasteiger charge is 2.18. The molecule has 1 heterocycles. The van der Waals surface area contributed by atoms with E-state index in [-0.39, 0.29) is 5.41 Å². The van der Waals surface area contributed by atoms with E-state index in [2.05, 4.69) is 42.9 Å². The fourth-order valence-electron chi connectivity index (χ4n) is 1.88. The smallest absolute Gasteiger partial charge is 0.126 e. The van der Waals surface area contributed by atoms with Gasteiger partial charge in [-0.15, -0.1) is 0 Å². The Morgan fingerprint density at radius 1 is 1.33 bits per heavy atom. The first-order valence-electron chi connectivity index (χ1n) is 6.23. The lowest BCUT2D eigenvalue weighted by Gasteiger charge is -2.18. The second-order valence-corrected chi connectivity index (χ2v) is 5.87. The second-order valence-electron chi connectivity index (χ2n) is 5.87. The van der Waals surface area contributed by atoms with Crippen molar-refractivity contribution in [1.29, 1.82) is 0 Å². The molecular formula is C14H21N3O. The minimum Gasteiger partial charge on any atom is -0.391 e. The summed E-state index contributed by atoms with van der Waals surface area (Å²) in [5, 5.41) is 9.50. The van der Waals surface area contributed by atoms with Gasteiger partial charge in [-0.05, 0) is 30.0 Å². The number of H-pyrrole nitrogens is 1. The summed E-state index contributed by atoms with van der Waals surface area (Å²) in [6.07, 6.45) is -0.618. The van der Waals surface area contributed by atoms with Gasteiger partial charge in [0, 0.05) is 0 Å². The number of aromatic amines is 1. The van der Waals surface area contributed by atoms with E-state index < -0.39 is 12.1 Å². The summed E-state index contributed by atoms with van der Waals surface area (Å²) in [7, 11) is 0. The lowest BCUT2D eigenvalue weighted by Crippen LogP contribution is -2.24. The van der Waals surface area contributed by atoms with E-state index in [4.69, 9.17) is 5.73 Å². The molecular weight excluding hydrogens is 226 g/mol. The minimum absolute atomic E-state index is 0.0969. The van der Waals surface area contributed by atoms with Gasteiger partial charge in [0.2, 0.25) is 0 Å². The van der Waals surface area contributed by atoms with Crippen molar-refractivity contribution in [3.05, 3.63) is 29.6 Å². The second kappa shape index (κ2) is 4.37. The molecule has 0 bridgehead atoms. The average molecular weight is 247 g/mol. The van der Waals surface area contributed by atoms with Gasteiger partial charge in [0.15, 0.2) is 0 Å². The van der Waals surface area contributed by atoms with Gasteiger partial charge < -0.3 is 15.8 Å². The largest absolute Gasteiger partial charge is 0.391 e. The first-order valence-corrected chi connectivity index (χ1v) is 6.23. The Morgan fingerprint density at radius 2 is 2.00 bits per heavy atom. The molecule has 2 aromatic rings. The van der Waals surface area contributed by atoms with Crippen molar-refractivity contribution >= 4 is 11.0 Å². The van der Waals surface area contributed by atoms with Crippen molar-refractivity contribution in [3.8, 4) is 0 Å². The Balaban J connectivity index is 2.46. The molecule has 0 radical (unpaired) electrons. The van der Waals surface area contributed by atoms with Crippen LogP contribution < -0.4 is 5.73 Å². The van der Waals surface area contributed by atoms with Crippen LogP contribution in [-0.2, 0) is 5.41 Å². The van der Waals surface area contributed by atoms with Gasteiger partial charge >= 0.3 is 0 Å². The number of benzene rings is 1. The van der Waals surface area contributed by atoms with E-state index in [1.165, 1.54) is 5.56 Å². The monoisotopic (exact) mass is 247 g/mol. The molecule has 1 aromatic carbocycles. The molecule has 4 heteroatoms. The number of nitrogens with two attached hydrogens (primary N) is 1. The molecule has 0 saturated heterocycles. The highest BCUT2D eigenvalue weighted by Crippen LogP contribution is 2.26. The molecule has 0 fully saturated rings. The first kappa shape index (κ1) is 13.1. The molecule has 0 amide bonds. The number of hydrogen-bond donors (Lipinski definition) is 3. The van der Waals surface area contributed by atoms with Gasteiger partial charge in [-0.3, -0.25) is 0 Å². The van der Waals surface area contributed by atoms with Crippen molar-refractivity contribution < 1.29 is 5.11 Å². The Kier molecular flexibility index (Phi) is 3.17. The third-order valence-corrected chi connectivity index (χ3v) is 3.20. The highest BCUT2D eigenvalue weighted by atomic mass is 16.3. The lowest BCUT2D eigenvalue weighted by molar-refractivity contribution is 0.161. The SMILES string of the molecule is C[C@H](O)[C@H](N)c1nc2cc(C(C)(C)C)ccc2[nH]1. The van der Waals surface area contributed by atoms with Crippen LogP contribution in [0.5, 0.6) is 0 Å². The molecule has 4 nitrogen and oxygen atoms in total. The Hall–Kier alpha value is -1.39. The molecule has 0 saturated carbocycles. The third kappa shape index (κ3) is 2.40. The summed E-state index contributed by atoms with van der Waals surface area (Å²) in [6, 6.07) is 5.71. The number of fused-ring (bicyclic) bond motifs is 1. The van der Waals surface area contributed by atoms with Gasteiger partial charge in [0.1, 0.15) is 5.82 Å². The van der Waals surface area contributed by atoms with E-state index in [0.717, 1.165) is 11.0 Å². The van der Waals surface area contributed by atoms with Crippen LogP contribution in [0.25, 0.3) is 11.0 Å². The van der Waals surface area contributed by atoms with Crippen LogP contribution in [0.15, 0.2) is 18.2 Å². The van der Waals surface area contributed by atoms with E-state index in [1.807, 2.05) is 6.07 Å². The molecule has 2 rings (SSSR count). The maximum absolute atomic E-state index is 9.50. The lowest BCUT2D eigenvalue weighted by atomic mass is 9.87. The average Bonchev–Trinajstić information content (AvgIpc) is 2.68. The number of rotatable bonds is 2. The van der Waals surface area contributed by atoms with Crippen LogP contribution in [0, 0.1) is 0 Å². The molecule has 2 atom stereocenters. The van der Waals surface area contributed by atoms with Gasteiger partial charge in [-0.25, -0.2) is 4.98 Å². The number of hydrogen-bond acceptors (Lipinski definition) is 3. The summed E-state index contributed by atoms with van der Waals surface area (Å²) in [4.78, 5) is 7.63. The molecule has 0 unspecified atom stereocenters. The van der Waals surface area contributed by atoms with Crippen LogP contribution in [-0.4, -0.2) is 21.2 Å². The molecule has 0 aliphatic rings. The van der Waals surface area contributed by atoms with Crippen molar-refractivity contribution in [2.45, 2.75) is 45.3 Å². The van der Waals surface area contributed by atoms with E-state index in [1.54, 1.807) is 6.92 Å². The van der Waals surface area contributed by atoms with E-state index >= 15 is 0 Å². The molecule has 18 heavy (non-hydrogen) atoms. The molecule has 0 aliphatic heterocycles. The molecule has 0 spiro atoms. The fourth-order valence-corrected chi connectivity index (χ4v) is 1.88. The minimum atomic E-state index is -0.618. The number of aromatic nitrogens is 2. The molecule has 1 aromatic heterocycles. The normalized spacial score (nSPS) is 15.9. The van der Waals surface area contributed by atoms with Crippen molar-refractivity contribution in [2.24, 2.45) is 5.73 Å². The Morgan fingerprint density at radius 3 is 2.56 bits per heavy atom. The van der Waals surface area contributed by atoms with Crippen LogP contribution in [0.3, 0.4) is 0 Å². The number of imidazole rings is 1. The van der Waals surface area contributed by atoms with Crippen LogP contribution in [0.4, 0.5) is 0 Å². The highest BCUT2D eigenvalue weighted by molar-refractivity contribution is 5.76. The zero-order valence-electron chi connectivity index (χ0n) is 11.4. The third-order valence-electron chi connectivity index (χ3n) is 3.20. The number of aliphatic hydroxyl groups is 1. The van der Waals surface area contributed by atoms with Crippen molar-refractivity contribution in [2.75, 3.05) is 0 Å². The van der Waals surface area contributed by atoms with Crippen molar-refractivity contribution in [3.63, 3.8) is 0 Å². The maximum atomic E-state index is 9.50. The summed E-state index contributed by atoms with van der Waals surface area (Å²) in [5.41, 5.74) is 9.06. The van der Waals surface area contributed by atoms with E-state index in [9.17, 15) is 5.11 Å². The molecule has 98 valence electrons. The number of nitrogens with one attached hydrogen (secondary N) is 1. The summed E-state index contributed by atoms with van der Waals surface area (Å²) < 4.78 is 0. The van der Waals surface area contributed by atoms with E-state index in [0.29, 0.717) is 5.82 Å². The van der Waals surface area contributed by atoms with Crippen LogP contribution in [0.2, 0.25) is 0 Å². The molecule has 4 N–H and O–H groups in total. The van der Waals surface area contributed by atoms with Gasteiger partial charge in [-0.1, -0.05) is 26.8 Å². The summed E-state index contributed by atoms with van der Waals surface area (Å²) in [5.74, 6) is 0.631. The summed E-state index contributed by atoms with van der Waals surface area (Å²) >= 11 is 0. The van der Waals surface area contributed by atoms with Gasteiger partial charge in [-0.2, -0.15) is 0 Å². The fraction of sp³-hybridized carbons (Fsp3) is 0.500. The predicted octanol–water partition coefficient (Wildman–Crippen LogP) is 2.24. The van der Waals surface area contributed by atoms with Gasteiger partial charge in [0.25, 0.3) is 0 Å². The topological polar surface area (TPSA) is 74.9 Å². The molecule has 0 aliphatic carbocycles. The first-order chi connectivity index (χ1) is 8.29. The number of aliphatic hydroxyl groups excluding tert-OH is 1. The van der Waals surface area contributed by atoms with Crippen molar-refractivity contribution in [1.82, 2.24) is 9.97 Å². The Bertz CT molecular complexity index is 552. The predicted molar refractivity (Wildman–Crippen MR) is 73.4 cm³/mol.